The van der Waals surface area contributed by atoms with Gasteiger partial charge in [0.2, 0.25) is 0 Å². The minimum Gasteiger partial charge on any atom is -0.375 e. The van der Waals surface area contributed by atoms with Gasteiger partial charge in [0.25, 0.3) is 15.9 Å². The van der Waals surface area contributed by atoms with Gasteiger partial charge in [-0.2, -0.15) is 0 Å². The zero-order valence-corrected chi connectivity index (χ0v) is 16.1. The van der Waals surface area contributed by atoms with Crippen molar-refractivity contribution < 1.29 is 22.3 Å². The number of sulfonamides is 1. The third-order valence-electron chi connectivity index (χ3n) is 4.11. The fraction of sp³-hybridized carbons (Fsp3) is 0.278. The zero-order valence-electron chi connectivity index (χ0n) is 14.5. The largest absolute Gasteiger partial charge is 0.375 e. The van der Waals surface area contributed by atoms with Crippen LogP contribution in [0, 0.1) is 5.82 Å². The lowest BCUT2D eigenvalue weighted by molar-refractivity contribution is -0.0124. The zero-order chi connectivity index (χ0) is 19.6. The van der Waals surface area contributed by atoms with Gasteiger partial charge in [0.1, 0.15) is 5.82 Å². The summed E-state index contributed by atoms with van der Waals surface area (Å²) >= 11 is 6.10. The number of nitrogens with one attached hydrogen (secondary N) is 1. The lowest BCUT2D eigenvalue weighted by atomic mass is 10.1. The van der Waals surface area contributed by atoms with E-state index in [4.69, 9.17) is 16.3 Å². The molecule has 9 heteroatoms. The molecule has 2 aromatic carbocycles. The summed E-state index contributed by atoms with van der Waals surface area (Å²) in [5, 5.41) is 0.146. The van der Waals surface area contributed by atoms with Gasteiger partial charge in [-0.25, -0.2) is 12.8 Å². The molecule has 1 fully saturated rings. The Morgan fingerprint density at radius 2 is 1.96 bits per heavy atom. The Bertz CT molecular complexity index is 950. The van der Waals surface area contributed by atoms with Crippen molar-refractivity contribution in [2.45, 2.75) is 17.9 Å². The van der Waals surface area contributed by atoms with Gasteiger partial charge in [-0.05, 0) is 49.4 Å². The van der Waals surface area contributed by atoms with Crippen molar-refractivity contribution >= 4 is 33.2 Å². The van der Waals surface area contributed by atoms with Crippen LogP contribution in [0.15, 0.2) is 47.4 Å². The topological polar surface area (TPSA) is 75.7 Å². The lowest BCUT2D eigenvalue weighted by Crippen LogP contribution is -2.44. The van der Waals surface area contributed by atoms with Crippen molar-refractivity contribution in [3.05, 3.63) is 58.9 Å². The maximum absolute atomic E-state index is 13.0. The van der Waals surface area contributed by atoms with Gasteiger partial charge in [0.05, 0.1) is 28.3 Å². The van der Waals surface area contributed by atoms with Crippen molar-refractivity contribution in [3.8, 4) is 0 Å². The van der Waals surface area contributed by atoms with Crippen molar-refractivity contribution in [1.29, 1.82) is 0 Å². The van der Waals surface area contributed by atoms with E-state index in [0.717, 1.165) is 24.3 Å². The Balaban J connectivity index is 1.85. The highest BCUT2D eigenvalue weighted by atomic mass is 35.5. The molecule has 1 saturated heterocycles. The van der Waals surface area contributed by atoms with Gasteiger partial charge in [-0.3, -0.25) is 9.52 Å². The first-order valence-electron chi connectivity index (χ1n) is 8.25. The first kappa shape index (κ1) is 19.6. The predicted octanol–water partition coefficient (Wildman–Crippen LogP) is 3.14. The van der Waals surface area contributed by atoms with Crippen LogP contribution in [0.25, 0.3) is 0 Å². The highest BCUT2D eigenvalue weighted by Gasteiger charge is 2.24. The fourth-order valence-electron chi connectivity index (χ4n) is 2.74. The smallest absolute Gasteiger partial charge is 0.261 e. The Kier molecular flexibility index (Phi) is 5.69. The number of nitrogens with zero attached hydrogens (tertiary/aromatic N) is 1. The number of carbonyl (C=O) groups is 1. The molecule has 0 bridgehead atoms. The van der Waals surface area contributed by atoms with Crippen LogP contribution < -0.4 is 4.72 Å². The molecular weight excluding hydrogens is 395 g/mol. The van der Waals surface area contributed by atoms with E-state index in [9.17, 15) is 17.6 Å². The molecule has 0 saturated carbocycles. The number of benzene rings is 2. The molecule has 1 aliphatic rings. The quantitative estimate of drug-likeness (QED) is 0.837. The van der Waals surface area contributed by atoms with Gasteiger partial charge in [-0.1, -0.05) is 11.6 Å². The highest BCUT2D eigenvalue weighted by molar-refractivity contribution is 7.92. The number of hydrogen-bond donors (Lipinski definition) is 1. The number of halogens is 2. The van der Waals surface area contributed by atoms with Crippen LogP contribution in [0.2, 0.25) is 5.02 Å². The average Bonchev–Trinajstić information content (AvgIpc) is 2.63. The van der Waals surface area contributed by atoms with E-state index in [2.05, 4.69) is 4.72 Å². The maximum Gasteiger partial charge on any atom is 0.261 e. The number of anilines is 1. The first-order valence-corrected chi connectivity index (χ1v) is 10.1. The first-order chi connectivity index (χ1) is 12.8. The molecular formula is C18H18ClFN2O4S. The van der Waals surface area contributed by atoms with Crippen LogP contribution in [0.5, 0.6) is 0 Å². The lowest BCUT2D eigenvalue weighted by Gasteiger charge is -2.31. The molecule has 0 aromatic heterocycles. The van der Waals surface area contributed by atoms with Gasteiger partial charge in [0.15, 0.2) is 0 Å². The van der Waals surface area contributed by atoms with Crippen LogP contribution in [0.1, 0.15) is 17.3 Å². The van der Waals surface area contributed by atoms with Crippen LogP contribution in [-0.4, -0.2) is 45.0 Å². The second kappa shape index (κ2) is 7.84. The molecule has 1 aliphatic heterocycles. The molecule has 2 aromatic rings. The molecule has 6 nitrogen and oxygen atoms in total. The van der Waals surface area contributed by atoms with Gasteiger partial charge in [-0.15, -0.1) is 0 Å². The molecule has 1 atom stereocenters. The van der Waals surface area contributed by atoms with E-state index < -0.39 is 15.8 Å². The average molecular weight is 413 g/mol. The number of amides is 1. The van der Waals surface area contributed by atoms with Crippen LogP contribution >= 0.6 is 11.6 Å². The van der Waals surface area contributed by atoms with E-state index in [1.807, 2.05) is 6.92 Å². The minimum absolute atomic E-state index is 0.0635. The van der Waals surface area contributed by atoms with Gasteiger partial charge >= 0.3 is 0 Å². The number of morpholine rings is 1. The summed E-state index contributed by atoms with van der Waals surface area (Å²) in [6, 6.07) is 8.80. The molecule has 1 N–H and O–H groups in total. The summed E-state index contributed by atoms with van der Waals surface area (Å²) in [5.74, 6) is -0.775. The summed E-state index contributed by atoms with van der Waals surface area (Å²) in [5.41, 5.74) is 0.387. The second-order valence-corrected chi connectivity index (χ2v) is 8.28. The van der Waals surface area contributed by atoms with Crippen molar-refractivity contribution in [2.24, 2.45) is 0 Å². The third-order valence-corrected chi connectivity index (χ3v) is 5.82. The number of hydrogen-bond acceptors (Lipinski definition) is 4. The number of ether oxygens (including phenoxy) is 1. The molecule has 3 rings (SSSR count). The van der Waals surface area contributed by atoms with E-state index in [0.29, 0.717) is 25.3 Å². The fourth-order valence-corrected chi connectivity index (χ4v) is 4.03. The number of carbonyl (C=O) groups excluding carboxylic acids is 1. The third kappa shape index (κ3) is 4.58. The summed E-state index contributed by atoms with van der Waals surface area (Å²) in [4.78, 5) is 14.2. The molecule has 27 heavy (non-hydrogen) atoms. The van der Waals surface area contributed by atoms with Crippen molar-refractivity contribution in [3.63, 3.8) is 0 Å². The summed E-state index contributed by atoms with van der Waals surface area (Å²) in [6.07, 6.45) is -0.0635. The molecule has 144 valence electrons. The Morgan fingerprint density at radius 3 is 2.63 bits per heavy atom. The minimum atomic E-state index is -3.97. The number of rotatable bonds is 4. The summed E-state index contributed by atoms with van der Waals surface area (Å²) in [7, 11) is -3.97. The molecule has 1 amide bonds. The van der Waals surface area contributed by atoms with Crippen molar-refractivity contribution in [2.75, 3.05) is 24.4 Å². The second-order valence-electron chi connectivity index (χ2n) is 6.19. The summed E-state index contributed by atoms with van der Waals surface area (Å²) in [6.45, 7) is 3.24. The molecule has 0 unspecified atom stereocenters. The molecule has 1 heterocycles. The predicted molar refractivity (Wildman–Crippen MR) is 100.0 cm³/mol. The molecule has 0 spiro atoms. The Hall–Kier alpha value is -2.16. The van der Waals surface area contributed by atoms with E-state index in [1.165, 1.54) is 12.1 Å². The van der Waals surface area contributed by atoms with E-state index in [1.54, 1.807) is 11.0 Å². The normalized spacial score (nSPS) is 17.6. The Morgan fingerprint density at radius 1 is 1.26 bits per heavy atom. The van der Waals surface area contributed by atoms with Crippen LogP contribution in [0.4, 0.5) is 10.1 Å². The van der Waals surface area contributed by atoms with E-state index >= 15 is 0 Å². The summed E-state index contributed by atoms with van der Waals surface area (Å²) < 4.78 is 45.8. The van der Waals surface area contributed by atoms with Crippen molar-refractivity contribution in [1.82, 2.24) is 4.90 Å². The standard InChI is InChI=1S/C18H18ClFN2O4S/c1-12-11-22(8-9-26-12)18(23)13-2-7-16(19)17(10-13)21-27(24,25)15-5-3-14(20)4-6-15/h2-7,10,12,21H,8-9,11H2,1H3/t12-/m1/s1. The van der Waals surface area contributed by atoms with Crippen LogP contribution in [0.3, 0.4) is 0 Å². The Labute approximate surface area is 161 Å². The SMILES string of the molecule is C[C@@H]1CN(C(=O)c2ccc(Cl)c(NS(=O)(=O)c3ccc(F)cc3)c2)CCO1. The van der Waals surface area contributed by atoms with E-state index in [-0.39, 0.29) is 27.6 Å². The molecule has 0 aliphatic carbocycles. The van der Waals surface area contributed by atoms with Gasteiger partial charge in [0, 0.05) is 18.7 Å². The maximum atomic E-state index is 13.0. The molecule has 0 radical (unpaired) electrons. The monoisotopic (exact) mass is 412 g/mol. The van der Waals surface area contributed by atoms with Crippen LogP contribution in [-0.2, 0) is 14.8 Å². The highest BCUT2D eigenvalue weighted by Crippen LogP contribution is 2.27. The van der Waals surface area contributed by atoms with Gasteiger partial charge < -0.3 is 9.64 Å².